The van der Waals surface area contributed by atoms with E-state index in [0.29, 0.717) is 6.07 Å². The van der Waals surface area contributed by atoms with Crippen LogP contribution in [-0.2, 0) is 6.18 Å². The molecule has 0 bridgehead atoms. The van der Waals surface area contributed by atoms with Gasteiger partial charge in [0.15, 0.2) is 16.9 Å². The van der Waals surface area contributed by atoms with Crippen LogP contribution in [0.15, 0.2) is 27.4 Å². The van der Waals surface area contributed by atoms with Crippen LogP contribution in [0.25, 0.3) is 11.0 Å². The van der Waals surface area contributed by atoms with E-state index in [4.69, 9.17) is 4.74 Å². The molecule has 0 aliphatic rings. The number of ether oxygens (including phenoxy) is 1. The van der Waals surface area contributed by atoms with Crippen molar-refractivity contribution < 1.29 is 27.4 Å². The fraction of sp³-hybridized carbons (Fsp3) is 0.182. The molecule has 2 rings (SSSR count). The Morgan fingerprint density at radius 1 is 1.28 bits per heavy atom. The predicted molar refractivity (Wildman–Crippen MR) is 55.7 cm³/mol. The maximum atomic E-state index is 12.4. The largest absolute Gasteiger partial charge is 0.504 e. The summed E-state index contributed by atoms with van der Waals surface area (Å²) in [6.07, 6.45) is -4.76. The van der Waals surface area contributed by atoms with Crippen molar-refractivity contribution in [2.45, 2.75) is 6.18 Å². The zero-order valence-corrected chi connectivity index (χ0v) is 9.04. The number of halogens is 3. The highest BCUT2D eigenvalue weighted by Gasteiger charge is 2.35. The summed E-state index contributed by atoms with van der Waals surface area (Å²) in [6.45, 7) is 0. The number of fused-ring (bicyclic) bond motifs is 1. The second-order valence-corrected chi connectivity index (χ2v) is 3.49. The summed E-state index contributed by atoms with van der Waals surface area (Å²) in [5.41, 5.74) is -1.21. The number of phenolic OH excluding ortho intramolecular Hbond substituents is 1. The molecule has 1 aromatic carbocycles. The minimum atomic E-state index is -4.76. The third-order valence-corrected chi connectivity index (χ3v) is 2.31. The minimum absolute atomic E-state index is 0.0189. The first-order chi connectivity index (χ1) is 8.32. The lowest BCUT2D eigenvalue weighted by Crippen LogP contribution is -2.10. The van der Waals surface area contributed by atoms with Gasteiger partial charge < -0.3 is 14.3 Å². The molecule has 0 aliphatic carbocycles. The molecule has 0 saturated carbocycles. The van der Waals surface area contributed by atoms with E-state index >= 15 is 0 Å². The van der Waals surface area contributed by atoms with Crippen LogP contribution in [0.2, 0.25) is 0 Å². The molecular weight excluding hydrogens is 253 g/mol. The van der Waals surface area contributed by atoms with Crippen LogP contribution in [-0.4, -0.2) is 12.2 Å². The predicted octanol–water partition coefficient (Wildman–Crippen LogP) is 2.53. The molecule has 0 atom stereocenters. The van der Waals surface area contributed by atoms with E-state index in [1.807, 2.05) is 0 Å². The van der Waals surface area contributed by atoms with Crippen LogP contribution in [0.5, 0.6) is 11.5 Å². The fourth-order valence-corrected chi connectivity index (χ4v) is 1.47. The number of alkyl halides is 3. The molecule has 0 amide bonds. The summed E-state index contributed by atoms with van der Waals surface area (Å²) in [4.78, 5) is 11.5. The first kappa shape index (κ1) is 12.3. The number of rotatable bonds is 1. The van der Waals surface area contributed by atoms with Gasteiger partial charge in [-0.05, 0) is 6.07 Å². The molecule has 1 N–H and O–H groups in total. The summed E-state index contributed by atoms with van der Waals surface area (Å²) in [5.74, 6) is -1.84. The normalized spacial score (nSPS) is 11.8. The fourth-order valence-electron chi connectivity index (χ4n) is 1.47. The maximum absolute atomic E-state index is 12.4. The van der Waals surface area contributed by atoms with Crippen LogP contribution in [0.3, 0.4) is 0 Å². The lowest BCUT2D eigenvalue weighted by molar-refractivity contribution is -0.152. The van der Waals surface area contributed by atoms with Crippen molar-refractivity contribution in [3.8, 4) is 11.5 Å². The number of benzene rings is 1. The Hall–Kier alpha value is -2.18. The smallest absolute Gasteiger partial charge is 0.449 e. The first-order valence-electron chi connectivity index (χ1n) is 4.75. The first-order valence-corrected chi connectivity index (χ1v) is 4.75. The van der Waals surface area contributed by atoms with E-state index in [-0.39, 0.29) is 16.7 Å². The van der Waals surface area contributed by atoms with Gasteiger partial charge in [0.2, 0.25) is 5.76 Å². The SMILES string of the molecule is COc1cc2c(=O)cc(C(F)(F)F)oc2cc1O. The molecule has 0 fully saturated rings. The Morgan fingerprint density at radius 3 is 2.50 bits per heavy atom. The number of aromatic hydroxyl groups is 1. The summed E-state index contributed by atoms with van der Waals surface area (Å²) in [6, 6.07) is 2.39. The molecule has 0 radical (unpaired) electrons. The Kier molecular flexibility index (Phi) is 2.68. The van der Waals surface area contributed by atoms with Crippen molar-refractivity contribution in [1.29, 1.82) is 0 Å². The second-order valence-electron chi connectivity index (χ2n) is 3.49. The van der Waals surface area contributed by atoms with E-state index in [0.717, 1.165) is 12.1 Å². The minimum Gasteiger partial charge on any atom is -0.504 e. The molecule has 7 heteroatoms. The van der Waals surface area contributed by atoms with E-state index < -0.39 is 23.1 Å². The van der Waals surface area contributed by atoms with E-state index in [1.54, 1.807) is 0 Å². The lowest BCUT2D eigenvalue weighted by Gasteiger charge is -2.08. The number of phenols is 1. The third kappa shape index (κ3) is 1.99. The van der Waals surface area contributed by atoms with Crippen LogP contribution in [0.4, 0.5) is 13.2 Å². The average molecular weight is 260 g/mol. The highest BCUT2D eigenvalue weighted by atomic mass is 19.4. The van der Waals surface area contributed by atoms with Gasteiger partial charge in [-0.2, -0.15) is 13.2 Å². The van der Waals surface area contributed by atoms with E-state index in [9.17, 15) is 23.1 Å². The highest BCUT2D eigenvalue weighted by Crippen LogP contribution is 2.34. The maximum Gasteiger partial charge on any atom is 0.449 e. The van der Waals surface area contributed by atoms with Crippen LogP contribution >= 0.6 is 0 Å². The average Bonchev–Trinajstić information content (AvgIpc) is 2.26. The zero-order valence-electron chi connectivity index (χ0n) is 9.04. The topological polar surface area (TPSA) is 59.7 Å². The zero-order chi connectivity index (χ0) is 13.5. The van der Waals surface area contributed by atoms with Crippen molar-refractivity contribution in [3.63, 3.8) is 0 Å². The summed E-state index contributed by atoms with van der Waals surface area (Å²) in [7, 11) is 1.26. The van der Waals surface area contributed by atoms with Gasteiger partial charge >= 0.3 is 6.18 Å². The molecule has 18 heavy (non-hydrogen) atoms. The Morgan fingerprint density at radius 2 is 1.94 bits per heavy atom. The third-order valence-electron chi connectivity index (χ3n) is 2.31. The van der Waals surface area contributed by atoms with Gasteiger partial charge in [0.05, 0.1) is 12.5 Å². The number of methoxy groups -OCH3 is 1. The molecule has 0 saturated heterocycles. The Balaban J connectivity index is 2.79. The Bertz CT molecular complexity index is 658. The standard InChI is InChI=1S/C11H7F3O4/c1-17-9-2-5-6(15)4-10(11(12,13)14)18-8(5)3-7(9)16/h2-4,16H,1H3. The molecular formula is C11H7F3O4. The quantitative estimate of drug-likeness (QED) is 0.855. The van der Waals surface area contributed by atoms with E-state index in [2.05, 4.69) is 4.42 Å². The number of hydrogen-bond donors (Lipinski definition) is 1. The molecule has 1 aromatic heterocycles. The monoisotopic (exact) mass is 260 g/mol. The van der Waals surface area contributed by atoms with Gasteiger partial charge in [0, 0.05) is 12.1 Å². The van der Waals surface area contributed by atoms with Gasteiger partial charge in [0.25, 0.3) is 0 Å². The molecule has 4 nitrogen and oxygen atoms in total. The van der Waals surface area contributed by atoms with Gasteiger partial charge in [-0.1, -0.05) is 0 Å². The molecule has 0 aliphatic heterocycles. The molecule has 2 aromatic rings. The van der Waals surface area contributed by atoms with Crippen LogP contribution < -0.4 is 10.2 Å². The molecule has 0 unspecified atom stereocenters. The summed E-state index contributed by atoms with van der Waals surface area (Å²) in [5, 5.41) is 9.33. The van der Waals surface area contributed by atoms with Crippen LogP contribution in [0.1, 0.15) is 5.76 Å². The van der Waals surface area contributed by atoms with Gasteiger partial charge in [-0.15, -0.1) is 0 Å². The van der Waals surface area contributed by atoms with Gasteiger partial charge in [-0.3, -0.25) is 4.79 Å². The van der Waals surface area contributed by atoms with Crippen molar-refractivity contribution >= 4 is 11.0 Å². The van der Waals surface area contributed by atoms with Crippen molar-refractivity contribution in [2.75, 3.05) is 7.11 Å². The summed E-state index contributed by atoms with van der Waals surface area (Å²) >= 11 is 0. The highest BCUT2D eigenvalue weighted by molar-refractivity contribution is 5.80. The molecule has 1 heterocycles. The Labute approximate surface area is 98.2 Å². The van der Waals surface area contributed by atoms with Crippen molar-refractivity contribution in [1.82, 2.24) is 0 Å². The van der Waals surface area contributed by atoms with Gasteiger partial charge in [0.1, 0.15) is 5.58 Å². The van der Waals surface area contributed by atoms with E-state index in [1.165, 1.54) is 7.11 Å². The second kappa shape index (κ2) is 3.94. The van der Waals surface area contributed by atoms with Crippen molar-refractivity contribution in [3.05, 3.63) is 34.2 Å². The lowest BCUT2D eigenvalue weighted by atomic mass is 10.2. The van der Waals surface area contributed by atoms with Crippen molar-refractivity contribution in [2.24, 2.45) is 0 Å². The summed E-state index contributed by atoms with van der Waals surface area (Å²) < 4.78 is 46.6. The molecule has 96 valence electrons. The number of hydrogen-bond acceptors (Lipinski definition) is 4. The van der Waals surface area contributed by atoms with Gasteiger partial charge in [-0.25, -0.2) is 0 Å². The van der Waals surface area contributed by atoms with Crippen LogP contribution in [0, 0.1) is 0 Å². The molecule has 0 spiro atoms.